The Balaban J connectivity index is 1.85. The van der Waals surface area contributed by atoms with Crippen LogP contribution in [0, 0.1) is 5.92 Å². The highest BCUT2D eigenvalue weighted by molar-refractivity contribution is 7.16. The number of nitrogens with zero attached hydrogens (tertiary/aromatic N) is 2. The molecule has 1 aliphatic heterocycles. The van der Waals surface area contributed by atoms with Crippen LogP contribution >= 0.6 is 11.3 Å². The lowest BCUT2D eigenvalue weighted by Crippen LogP contribution is -2.40. The number of carbonyl (C=O) groups excluding carboxylic acids is 1. The minimum absolute atomic E-state index is 0.00211. The largest absolute Gasteiger partial charge is 0.462 e. The minimum atomic E-state index is -1.53. The van der Waals surface area contributed by atoms with E-state index in [9.17, 15) is 24.6 Å². The van der Waals surface area contributed by atoms with Crippen molar-refractivity contribution in [3.63, 3.8) is 0 Å². The van der Waals surface area contributed by atoms with Crippen molar-refractivity contribution < 1.29 is 24.5 Å². The Morgan fingerprint density at radius 3 is 2.71 bits per heavy atom. The topological polar surface area (TPSA) is 196 Å². The van der Waals surface area contributed by atoms with Crippen LogP contribution in [0.1, 0.15) is 20.1 Å². The number of hydrogen-bond acceptors (Lipinski definition) is 11. The molecular formula is C15H21N5O7S. The number of thiazole rings is 1. The fourth-order valence-electron chi connectivity index (χ4n) is 2.78. The number of esters is 1. The van der Waals surface area contributed by atoms with Gasteiger partial charge in [-0.1, -0.05) is 25.2 Å². The Labute approximate surface area is 161 Å². The first kappa shape index (κ1) is 20.4. The monoisotopic (exact) mass is 415 g/mol. The van der Waals surface area contributed by atoms with Gasteiger partial charge in [-0.3, -0.25) is 23.9 Å². The third kappa shape index (κ3) is 3.54. The second-order valence-electron chi connectivity index (χ2n) is 6.79. The summed E-state index contributed by atoms with van der Waals surface area (Å²) in [4.78, 5) is 41.7. The van der Waals surface area contributed by atoms with E-state index in [1.165, 1.54) is 0 Å². The Morgan fingerprint density at radius 1 is 1.39 bits per heavy atom. The van der Waals surface area contributed by atoms with Crippen molar-refractivity contribution >= 4 is 33.6 Å². The van der Waals surface area contributed by atoms with Crippen LogP contribution in [0.4, 0.5) is 5.95 Å². The van der Waals surface area contributed by atoms with Crippen molar-refractivity contribution in [2.45, 2.75) is 44.4 Å². The van der Waals surface area contributed by atoms with Crippen molar-refractivity contribution in [1.82, 2.24) is 14.5 Å². The van der Waals surface area contributed by atoms with Crippen molar-refractivity contribution in [2.24, 2.45) is 11.7 Å². The lowest BCUT2D eigenvalue weighted by atomic mass is 10.1. The van der Waals surface area contributed by atoms with E-state index in [2.05, 4.69) is 9.97 Å². The van der Waals surface area contributed by atoms with E-state index in [1.54, 1.807) is 13.8 Å². The number of aromatic amines is 1. The van der Waals surface area contributed by atoms with Gasteiger partial charge in [0.15, 0.2) is 11.9 Å². The summed E-state index contributed by atoms with van der Waals surface area (Å²) in [5.41, 5.74) is 10.5. The molecule has 0 saturated carbocycles. The molecule has 1 saturated heterocycles. The summed E-state index contributed by atoms with van der Waals surface area (Å²) in [5.74, 6) is -1.04. The van der Waals surface area contributed by atoms with Crippen LogP contribution in [-0.2, 0) is 14.3 Å². The van der Waals surface area contributed by atoms with Crippen LogP contribution in [0.5, 0.6) is 0 Å². The lowest BCUT2D eigenvalue weighted by molar-refractivity contribution is -0.152. The van der Waals surface area contributed by atoms with E-state index < -0.39 is 47.0 Å². The maximum Gasteiger partial charge on any atom is 0.323 e. The number of hydrogen-bond donors (Lipinski definition) is 5. The Hall–Kier alpha value is -2.32. The smallest absolute Gasteiger partial charge is 0.323 e. The van der Waals surface area contributed by atoms with Gasteiger partial charge in [0.2, 0.25) is 5.95 Å². The first-order valence-electron chi connectivity index (χ1n) is 8.46. The van der Waals surface area contributed by atoms with Crippen molar-refractivity contribution in [3.8, 4) is 0 Å². The standard InChI is InChI=1S/C15H21N5O7S/c1-4(2)6(16)13(24)26-3-5-7(21)8(22)12(27-5)20-10-9(28-15(20)25)11(23)19-14(17)18-10/h4-8,12,21-22H,3,16H2,1-2H3,(H3,17,18,19,23)/t5-,6?,7-,8-,12?/m1/s1. The van der Waals surface area contributed by atoms with E-state index >= 15 is 0 Å². The number of fused-ring (bicyclic) bond motifs is 1. The van der Waals surface area contributed by atoms with E-state index in [0.29, 0.717) is 11.3 Å². The number of rotatable bonds is 5. The molecule has 2 unspecified atom stereocenters. The third-order valence-electron chi connectivity index (χ3n) is 4.46. The van der Waals surface area contributed by atoms with Crippen molar-refractivity contribution in [2.75, 3.05) is 12.3 Å². The zero-order valence-electron chi connectivity index (χ0n) is 15.1. The van der Waals surface area contributed by atoms with Crippen LogP contribution in [-0.4, -0.2) is 61.7 Å². The molecule has 7 N–H and O–H groups in total. The fraction of sp³-hybridized carbons (Fsp3) is 0.600. The Bertz CT molecular complexity index is 999. The number of carbonyl (C=O) groups is 1. The van der Waals surface area contributed by atoms with Crippen LogP contribution < -0.4 is 21.9 Å². The lowest BCUT2D eigenvalue weighted by Gasteiger charge is -2.18. The van der Waals surface area contributed by atoms with E-state index in [-0.39, 0.29) is 28.8 Å². The molecule has 154 valence electrons. The molecular weight excluding hydrogens is 394 g/mol. The molecule has 28 heavy (non-hydrogen) atoms. The highest BCUT2D eigenvalue weighted by Gasteiger charge is 2.46. The first-order chi connectivity index (χ1) is 13.1. The average molecular weight is 415 g/mol. The molecule has 0 amide bonds. The summed E-state index contributed by atoms with van der Waals surface area (Å²) in [6.45, 7) is 3.13. The summed E-state index contributed by atoms with van der Waals surface area (Å²) in [5, 5.41) is 20.6. The number of aliphatic hydroxyl groups excluding tert-OH is 2. The number of aromatic nitrogens is 3. The second-order valence-corrected chi connectivity index (χ2v) is 7.75. The van der Waals surface area contributed by atoms with E-state index in [1.807, 2.05) is 0 Å². The van der Waals surface area contributed by atoms with Crippen molar-refractivity contribution in [3.05, 3.63) is 20.0 Å². The van der Waals surface area contributed by atoms with Gasteiger partial charge >= 0.3 is 10.8 Å². The van der Waals surface area contributed by atoms with Crippen molar-refractivity contribution in [1.29, 1.82) is 0 Å². The third-order valence-corrected chi connectivity index (χ3v) is 5.41. The number of aliphatic hydroxyl groups is 2. The van der Waals surface area contributed by atoms with Gasteiger partial charge in [0.1, 0.15) is 35.7 Å². The number of H-pyrrole nitrogens is 1. The fourth-order valence-corrected chi connectivity index (χ4v) is 3.63. The number of nitrogen functional groups attached to an aromatic ring is 1. The summed E-state index contributed by atoms with van der Waals surface area (Å²) >= 11 is 0.602. The molecule has 0 bridgehead atoms. The predicted molar refractivity (Wildman–Crippen MR) is 98.6 cm³/mol. The number of nitrogens with two attached hydrogens (primary N) is 2. The van der Waals surface area contributed by atoms with E-state index in [4.69, 9.17) is 20.9 Å². The molecule has 12 nitrogen and oxygen atoms in total. The van der Waals surface area contributed by atoms with Gasteiger partial charge in [-0.15, -0.1) is 0 Å². The maximum absolute atomic E-state index is 12.4. The maximum atomic E-state index is 12.4. The molecule has 0 radical (unpaired) electrons. The molecule has 13 heteroatoms. The molecule has 3 heterocycles. The van der Waals surface area contributed by atoms with E-state index in [0.717, 1.165) is 4.57 Å². The van der Waals surface area contributed by atoms with Gasteiger partial charge in [0.05, 0.1) is 0 Å². The van der Waals surface area contributed by atoms with Crippen LogP contribution in [0.25, 0.3) is 10.3 Å². The number of nitrogens with one attached hydrogen (secondary N) is 1. The van der Waals surface area contributed by atoms with Gasteiger partial charge in [-0.2, -0.15) is 4.98 Å². The van der Waals surface area contributed by atoms with Gasteiger partial charge in [0, 0.05) is 0 Å². The zero-order valence-corrected chi connectivity index (χ0v) is 15.9. The Morgan fingerprint density at radius 2 is 2.07 bits per heavy atom. The summed E-state index contributed by atoms with van der Waals surface area (Å²) in [6, 6.07) is -0.846. The van der Waals surface area contributed by atoms with Gasteiger partial charge in [0.25, 0.3) is 5.56 Å². The minimum Gasteiger partial charge on any atom is -0.462 e. The molecule has 2 aromatic heterocycles. The highest BCUT2D eigenvalue weighted by atomic mass is 32.1. The number of ether oxygens (including phenoxy) is 2. The molecule has 1 aliphatic rings. The van der Waals surface area contributed by atoms with Crippen LogP contribution in [0.15, 0.2) is 9.59 Å². The molecule has 0 aliphatic carbocycles. The molecule has 1 fully saturated rings. The summed E-state index contributed by atoms with van der Waals surface area (Å²) in [6.07, 6.45) is -5.42. The van der Waals surface area contributed by atoms with Gasteiger partial charge < -0.3 is 31.2 Å². The van der Waals surface area contributed by atoms with Gasteiger partial charge in [-0.05, 0) is 5.92 Å². The summed E-state index contributed by atoms with van der Waals surface area (Å²) in [7, 11) is 0. The SMILES string of the molecule is CC(C)C(N)C(=O)OC[C@H]1OC(n2c(=O)sc3c(=O)[nH]c(N)nc32)[C@H](O)[C@@H]1O. The summed E-state index contributed by atoms with van der Waals surface area (Å²) < 4.78 is 11.5. The second kappa shape index (κ2) is 7.60. The molecule has 0 aromatic carbocycles. The first-order valence-corrected chi connectivity index (χ1v) is 9.28. The molecule has 3 rings (SSSR count). The highest BCUT2D eigenvalue weighted by Crippen LogP contribution is 2.31. The normalized spacial score (nSPS) is 26.1. The van der Waals surface area contributed by atoms with Crippen LogP contribution in [0.2, 0.25) is 0 Å². The number of anilines is 1. The van der Waals surface area contributed by atoms with Crippen LogP contribution in [0.3, 0.4) is 0 Å². The molecule has 2 aromatic rings. The van der Waals surface area contributed by atoms with Gasteiger partial charge in [-0.25, -0.2) is 0 Å². The molecule has 5 atom stereocenters. The average Bonchev–Trinajstić information content (AvgIpc) is 3.09. The quantitative estimate of drug-likeness (QED) is 0.337. The molecule has 0 spiro atoms. The Kier molecular flexibility index (Phi) is 5.54. The predicted octanol–water partition coefficient (Wildman–Crippen LogP) is -2.13. The zero-order chi connectivity index (χ0) is 20.7.